The summed E-state index contributed by atoms with van der Waals surface area (Å²) in [6, 6.07) is 6.07. The Labute approximate surface area is 109 Å². The Morgan fingerprint density at radius 1 is 1.12 bits per heavy atom. The molecular formula is C13H14BrN3. The van der Waals surface area contributed by atoms with E-state index in [1.54, 1.807) is 0 Å². The summed E-state index contributed by atoms with van der Waals surface area (Å²) in [6.45, 7) is 2.20. The van der Waals surface area contributed by atoms with Gasteiger partial charge in [0.2, 0.25) is 0 Å². The molecule has 1 aromatic carbocycles. The zero-order chi connectivity index (χ0) is 11.8. The van der Waals surface area contributed by atoms with Gasteiger partial charge in [0.25, 0.3) is 0 Å². The minimum atomic E-state index is 0.797. The minimum Gasteiger partial charge on any atom is -0.397 e. The van der Waals surface area contributed by atoms with Crippen molar-refractivity contribution in [3.05, 3.63) is 28.9 Å². The van der Waals surface area contributed by atoms with Crippen LogP contribution >= 0.6 is 15.9 Å². The highest BCUT2D eigenvalue weighted by atomic mass is 79.9. The van der Waals surface area contributed by atoms with Crippen LogP contribution in [0.3, 0.4) is 0 Å². The Balaban J connectivity index is 2.22. The van der Waals surface area contributed by atoms with Crippen LogP contribution < -0.4 is 10.6 Å². The molecule has 3 rings (SSSR count). The third-order valence-electron chi connectivity index (χ3n) is 3.32. The van der Waals surface area contributed by atoms with Crippen molar-refractivity contribution in [3.63, 3.8) is 0 Å². The van der Waals surface area contributed by atoms with Crippen LogP contribution in [0.5, 0.6) is 0 Å². The lowest BCUT2D eigenvalue weighted by atomic mass is 10.1. The molecule has 1 aliphatic heterocycles. The number of rotatable bonds is 1. The molecule has 88 valence electrons. The van der Waals surface area contributed by atoms with Gasteiger partial charge >= 0.3 is 0 Å². The van der Waals surface area contributed by atoms with Gasteiger partial charge in [-0.2, -0.15) is 0 Å². The van der Waals surface area contributed by atoms with Crippen molar-refractivity contribution in [3.8, 4) is 0 Å². The number of aromatic nitrogens is 1. The molecule has 0 atom stereocenters. The number of nitrogens with two attached hydrogens (primary N) is 1. The Kier molecular flexibility index (Phi) is 2.67. The maximum Gasteiger partial charge on any atom is 0.136 e. The van der Waals surface area contributed by atoms with Crippen molar-refractivity contribution in [1.29, 1.82) is 0 Å². The molecule has 17 heavy (non-hydrogen) atoms. The zero-order valence-corrected chi connectivity index (χ0v) is 11.1. The molecule has 1 aromatic heterocycles. The van der Waals surface area contributed by atoms with Crippen LogP contribution in [0.1, 0.15) is 12.8 Å². The van der Waals surface area contributed by atoms with Crippen molar-refractivity contribution in [2.24, 2.45) is 0 Å². The molecule has 0 amide bonds. The van der Waals surface area contributed by atoms with Crippen LogP contribution in [0.2, 0.25) is 0 Å². The smallest absolute Gasteiger partial charge is 0.136 e. The molecule has 0 unspecified atom stereocenters. The van der Waals surface area contributed by atoms with Crippen LogP contribution in [0, 0.1) is 0 Å². The van der Waals surface area contributed by atoms with E-state index in [0.717, 1.165) is 39.8 Å². The Hall–Kier alpha value is -1.29. The molecule has 2 aromatic rings. The van der Waals surface area contributed by atoms with Gasteiger partial charge in [-0.1, -0.05) is 0 Å². The van der Waals surface area contributed by atoms with Gasteiger partial charge in [0.1, 0.15) is 5.82 Å². The monoisotopic (exact) mass is 291 g/mol. The van der Waals surface area contributed by atoms with Gasteiger partial charge in [-0.15, -0.1) is 0 Å². The topological polar surface area (TPSA) is 42.1 Å². The first kappa shape index (κ1) is 10.8. The number of halogens is 1. The van der Waals surface area contributed by atoms with Crippen molar-refractivity contribution in [2.75, 3.05) is 23.7 Å². The van der Waals surface area contributed by atoms with Gasteiger partial charge < -0.3 is 10.6 Å². The Morgan fingerprint density at radius 2 is 1.88 bits per heavy atom. The molecule has 1 fully saturated rings. The van der Waals surface area contributed by atoms with Crippen molar-refractivity contribution < 1.29 is 0 Å². The van der Waals surface area contributed by atoms with E-state index in [1.165, 1.54) is 12.8 Å². The maximum atomic E-state index is 6.09. The van der Waals surface area contributed by atoms with E-state index in [-0.39, 0.29) is 0 Å². The van der Waals surface area contributed by atoms with E-state index in [1.807, 2.05) is 18.3 Å². The Morgan fingerprint density at radius 3 is 2.65 bits per heavy atom. The van der Waals surface area contributed by atoms with Gasteiger partial charge in [-0.05, 0) is 47.0 Å². The fourth-order valence-electron chi connectivity index (χ4n) is 2.42. The number of anilines is 2. The van der Waals surface area contributed by atoms with Gasteiger partial charge in [0.15, 0.2) is 0 Å². The Bertz CT molecular complexity index is 562. The lowest BCUT2D eigenvalue weighted by molar-refractivity contribution is 0.946. The first-order valence-electron chi connectivity index (χ1n) is 5.85. The molecule has 1 saturated heterocycles. The lowest BCUT2D eigenvalue weighted by Gasteiger charge is -2.19. The average molecular weight is 292 g/mol. The van der Waals surface area contributed by atoms with Crippen LogP contribution in [0.25, 0.3) is 10.8 Å². The summed E-state index contributed by atoms with van der Waals surface area (Å²) in [5.74, 6) is 1.07. The summed E-state index contributed by atoms with van der Waals surface area (Å²) in [5, 5.41) is 2.23. The number of pyridine rings is 1. The fraction of sp³-hybridized carbons (Fsp3) is 0.308. The molecule has 2 N–H and O–H groups in total. The van der Waals surface area contributed by atoms with Gasteiger partial charge in [-0.25, -0.2) is 4.98 Å². The van der Waals surface area contributed by atoms with E-state index in [4.69, 9.17) is 5.73 Å². The van der Waals surface area contributed by atoms with Crippen LogP contribution in [-0.2, 0) is 0 Å². The van der Waals surface area contributed by atoms with E-state index in [0.29, 0.717) is 0 Å². The van der Waals surface area contributed by atoms with Crippen LogP contribution in [0.4, 0.5) is 11.5 Å². The number of nitrogens with zero attached hydrogens (tertiary/aromatic N) is 2. The highest BCUT2D eigenvalue weighted by Crippen LogP contribution is 2.33. The standard InChI is InChI=1S/C13H14BrN3/c14-11-4-3-10-9(12(11)15)5-6-16-13(10)17-7-1-2-8-17/h3-6H,1-2,7-8,15H2. The molecule has 0 radical (unpaired) electrons. The third-order valence-corrected chi connectivity index (χ3v) is 4.01. The van der Waals surface area contributed by atoms with Gasteiger partial charge in [0.05, 0.1) is 5.69 Å². The molecular weight excluding hydrogens is 278 g/mol. The highest BCUT2D eigenvalue weighted by molar-refractivity contribution is 9.10. The summed E-state index contributed by atoms with van der Waals surface area (Å²) >= 11 is 3.47. The average Bonchev–Trinajstić information content (AvgIpc) is 2.87. The van der Waals surface area contributed by atoms with E-state index in [2.05, 4.69) is 31.9 Å². The second-order valence-electron chi connectivity index (χ2n) is 4.38. The lowest BCUT2D eigenvalue weighted by Crippen LogP contribution is -2.19. The second kappa shape index (κ2) is 4.18. The molecule has 0 aliphatic carbocycles. The number of fused-ring (bicyclic) bond motifs is 1. The number of nitrogen functional groups attached to an aromatic ring is 1. The predicted molar refractivity (Wildman–Crippen MR) is 75.3 cm³/mol. The molecule has 3 nitrogen and oxygen atoms in total. The first-order valence-corrected chi connectivity index (χ1v) is 6.64. The summed E-state index contributed by atoms with van der Waals surface area (Å²) < 4.78 is 0.948. The SMILES string of the molecule is Nc1c(Br)ccc2c(N3CCCC3)nccc12. The largest absolute Gasteiger partial charge is 0.397 e. The van der Waals surface area contributed by atoms with Crippen molar-refractivity contribution in [1.82, 2.24) is 4.98 Å². The zero-order valence-electron chi connectivity index (χ0n) is 9.49. The van der Waals surface area contributed by atoms with E-state index >= 15 is 0 Å². The molecule has 1 aliphatic rings. The second-order valence-corrected chi connectivity index (χ2v) is 5.24. The van der Waals surface area contributed by atoms with Crippen molar-refractivity contribution >= 4 is 38.2 Å². The molecule has 2 heterocycles. The fourth-order valence-corrected chi connectivity index (χ4v) is 2.76. The quantitative estimate of drug-likeness (QED) is 0.821. The van der Waals surface area contributed by atoms with E-state index in [9.17, 15) is 0 Å². The number of hydrogen-bond donors (Lipinski definition) is 1. The third kappa shape index (κ3) is 1.76. The number of benzene rings is 1. The van der Waals surface area contributed by atoms with Gasteiger partial charge in [0, 0.05) is 34.5 Å². The van der Waals surface area contributed by atoms with Crippen molar-refractivity contribution in [2.45, 2.75) is 12.8 Å². The van der Waals surface area contributed by atoms with Crippen LogP contribution in [-0.4, -0.2) is 18.1 Å². The summed E-state index contributed by atoms with van der Waals surface area (Å²) in [5.41, 5.74) is 6.89. The molecule has 0 bridgehead atoms. The highest BCUT2D eigenvalue weighted by Gasteiger charge is 2.16. The normalized spacial score (nSPS) is 15.7. The van der Waals surface area contributed by atoms with Crippen LogP contribution in [0.15, 0.2) is 28.9 Å². The van der Waals surface area contributed by atoms with Gasteiger partial charge in [-0.3, -0.25) is 0 Å². The first-order chi connectivity index (χ1) is 8.27. The summed E-state index contributed by atoms with van der Waals surface area (Å²) in [4.78, 5) is 6.86. The summed E-state index contributed by atoms with van der Waals surface area (Å²) in [7, 11) is 0. The number of hydrogen-bond acceptors (Lipinski definition) is 3. The molecule has 4 heteroatoms. The maximum absolute atomic E-state index is 6.09. The predicted octanol–water partition coefficient (Wildman–Crippen LogP) is 3.18. The summed E-state index contributed by atoms with van der Waals surface area (Å²) in [6.07, 6.45) is 4.35. The molecule has 0 spiro atoms. The minimum absolute atomic E-state index is 0.797. The van der Waals surface area contributed by atoms with E-state index < -0.39 is 0 Å². The molecule has 0 saturated carbocycles.